The molecule has 0 unspecified atom stereocenters. The first kappa shape index (κ1) is 13.7. The summed E-state index contributed by atoms with van der Waals surface area (Å²) in [6.45, 7) is 1.73. The van der Waals surface area contributed by atoms with Crippen LogP contribution in [0.3, 0.4) is 0 Å². The van der Waals surface area contributed by atoms with Crippen LogP contribution >= 0.6 is 23.2 Å². The number of carbonyl (C=O) groups excluding carboxylic acids is 1. The van der Waals surface area contributed by atoms with Gasteiger partial charge in [-0.15, -0.1) is 0 Å². The van der Waals surface area contributed by atoms with Crippen molar-refractivity contribution >= 4 is 34.8 Å². The number of aromatic hydroxyl groups is 1. The number of phenols is 1. The Hall–Kier alpha value is -1.71. The summed E-state index contributed by atoms with van der Waals surface area (Å²) < 4.78 is 0. The molecule has 0 atom stereocenters. The van der Waals surface area contributed by atoms with Gasteiger partial charge in [-0.2, -0.15) is 0 Å². The topological polar surface area (TPSA) is 49.3 Å². The number of rotatable bonds is 2. The molecule has 0 heterocycles. The van der Waals surface area contributed by atoms with Crippen molar-refractivity contribution in [3.05, 3.63) is 57.6 Å². The first-order valence-electron chi connectivity index (χ1n) is 5.53. The predicted molar refractivity (Wildman–Crippen MR) is 77.3 cm³/mol. The lowest BCUT2D eigenvalue weighted by Gasteiger charge is -2.07. The molecule has 0 fully saturated rings. The summed E-state index contributed by atoms with van der Waals surface area (Å²) in [5.74, 6) is -0.118. The lowest BCUT2D eigenvalue weighted by molar-refractivity contribution is 0.102. The van der Waals surface area contributed by atoms with Gasteiger partial charge in [-0.3, -0.25) is 4.79 Å². The van der Waals surface area contributed by atoms with Crippen molar-refractivity contribution in [2.24, 2.45) is 0 Å². The van der Waals surface area contributed by atoms with Gasteiger partial charge in [0.2, 0.25) is 0 Å². The summed E-state index contributed by atoms with van der Waals surface area (Å²) >= 11 is 11.7. The zero-order valence-electron chi connectivity index (χ0n) is 10.1. The van der Waals surface area contributed by atoms with Crippen LogP contribution in [0.25, 0.3) is 0 Å². The van der Waals surface area contributed by atoms with E-state index >= 15 is 0 Å². The smallest absolute Gasteiger partial charge is 0.255 e. The van der Waals surface area contributed by atoms with Crippen molar-refractivity contribution in [1.29, 1.82) is 0 Å². The Balaban J connectivity index is 2.20. The third-order valence-electron chi connectivity index (χ3n) is 2.64. The fraction of sp³-hybridized carbons (Fsp3) is 0.0714. The van der Waals surface area contributed by atoms with Crippen molar-refractivity contribution in [3.8, 4) is 5.75 Å². The Morgan fingerprint density at radius 1 is 1.11 bits per heavy atom. The van der Waals surface area contributed by atoms with Gasteiger partial charge >= 0.3 is 0 Å². The molecule has 0 radical (unpaired) electrons. The molecule has 0 aliphatic carbocycles. The number of amides is 1. The van der Waals surface area contributed by atoms with E-state index in [1.54, 1.807) is 37.3 Å². The summed E-state index contributed by atoms with van der Waals surface area (Å²) in [5.41, 5.74) is 1.66. The second kappa shape index (κ2) is 5.51. The number of carbonyl (C=O) groups is 1. The Morgan fingerprint density at radius 3 is 2.47 bits per heavy atom. The normalized spacial score (nSPS) is 10.3. The molecule has 0 saturated heterocycles. The van der Waals surface area contributed by atoms with E-state index in [0.29, 0.717) is 26.9 Å². The second-order valence-corrected chi connectivity index (χ2v) is 4.90. The van der Waals surface area contributed by atoms with Gasteiger partial charge in [0.25, 0.3) is 5.91 Å². The Bertz CT molecular complexity index is 641. The summed E-state index contributed by atoms with van der Waals surface area (Å²) in [5, 5.41) is 12.9. The van der Waals surface area contributed by atoms with Crippen LogP contribution in [0, 0.1) is 6.92 Å². The molecule has 98 valence electrons. The molecule has 19 heavy (non-hydrogen) atoms. The third kappa shape index (κ3) is 3.19. The van der Waals surface area contributed by atoms with Gasteiger partial charge < -0.3 is 10.4 Å². The van der Waals surface area contributed by atoms with Crippen LogP contribution in [0.5, 0.6) is 5.75 Å². The summed E-state index contributed by atoms with van der Waals surface area (Å²) in [6.07, 6.45) is 0. The van der Waals surface area contributed by atoms with Crippen molar-refractivity contribution in [3.63, 3.8) is 0 Å². The number of anilines is 1. The van der Waals surface area contributed by atoms with E-state index in [-0.39, 0.29) is 11.7 Å². The predicted octanol–water partition coefficient (Wildman–Crippen LogP) is 4.26. The molecular formula is C14H11Cl2NO2. The average Bonchev–Trinajstić information content (AvgIpc) is 2.37. The largest absolute Gasteiger partial charge is 0.508 e. The highest BCUT2D eigenvalue weighted by Gasteiger charge is 2.08. The molecule has 1 amide bonds. The minimum absolute atomic E-state index is 0.158. The molecular weight excluding hydrogens is 285 g/mol. The highest BCUT2D eigenvalue weighted by atomic mass is 35.5. The maximum Gasteiger partial charge on any atom is 0.255 e. The fourth-order valence-corrected chi connectivity index (χ4v) is 1.87. The van der Waals surface area contributed by atoms with E-state index in [1.165, 1.54) is 6.07 Å². The van der Waals surface area contributed by atoms with Gasteiger partial charge in [-0.25, -0.2) is 0 Å². The number of hydrogen-bond acceptors (Lipinski definition) is 2. The van der Waals surface area contributed by atoms with E-state index < -0.39 is 0 Å². The SMILES string of the molecule is Cc1cc(C(=O)Nc2ccc(Cl)c(Cl)c2)ccc1O. The maximum atomic E-state index is 12.0. The number of phenolic OH excluding ortho intramolecular Hbond substituents is 1. The van der Waals surface area contributed by atoms with Crippen LogP contribution in [0.15, 0.2) is 36.4 Å². The quantitative estimate of drug-likeness (QED) is 0.870. The molecule has 0 spiro atoms. The zero-order valence-corrected chi connectivity index (χ0v) is 11.6. The Labute approximate surface area is 120 Å². The molecule has 2 aromatic rings. The van der Waals surface area contributed by atoms with Gasteiger partial charge in [0, 0.05) is 11.3 Å². The lowest BCUT2D eigenvalue weighted by Crippen LogP contribution is -2.11. The first-order chi connectivity index (χ1) is 8.97. The molecule has 2 N–H and O–H groups in total. The maximum absolute atomic E-state index is 12.0. The second-order valence-electron chi connectivity index (χ2n) is 4.08. The van der Waals surface area contributed by atoms with Crippen LogP contribution in [0.1, 0.15) is 15.9 Å². The monoisotopic (exact) mass is 295 g/mol. The van der Waals surface area contributed by atoms with Crippen molar-refractivity contribution in [2.45, 2.75) is 6.92 Å². The number of hydrogen-bond donors (Lipinski definition) is 2. The van der Waals surface area contributed by atoms with E-state index in [0.717, 1.165) is 0 Å². The summed E-state index contributed by atoms with van der Waals surface area (Å²) in [4.78, 5) is 12.0. The number of halogens is 2. The van der Waals surface area contributed by atoms with Crippen molar-refractivity contribution in [2.75, 3.05) is 5.32 Å². The summed E-state index contributed by atoms with van der Waals surface area (Å²) in [6, 6.07) is 9.51. The van der Waals surface area contributed by atoms with E-state index in [2.05, 4.69) is 5.32 Å². The van der Waals surface area contributed by atoms with E-state index in [1.807, 2.05) is 0 Å². The van der Waals surface area contributed by atoms with Crippen LogP contribution in [0.2, 0.25) is 10.0 Å². The van der Waals surface area contributed by atoms with Gasteiger partial charge in [-0.1, -0.05) is 23.2 Å². The minimum atomic E-state index is -0.276. The van der Waals surface area contributed by atoms with Crippen LogP contribution in [-0.2, 0) is 0 Å². The molecule has 2 rings (SSSR count). The number of nitrogens with one attached hydrogen (secondary N) is 1. The van der Waals surface area contributed by atoms with Crippen molar-refractivity contribution in [1.82, 2.24) is 0 Å². The Morgan fingerprint density at radius 2 is 1.84 bits per heavy atom. The fourth-order valence-electron chi connectivity index (χ4n) is 1.57. The highest BCUT2D eigenvalue weighted by Crippen LogP contribution is 2.25. The van der Waals surface area contributed by atoms with Gasteiger partial charge in [0.05, 0.1) is 10.0 Å². The zero-order chi connectivity index (χ0) is 14.0. The molecule has 0 aliphatic heterocycles. The van der Waals surface area contributed by atoms with Crippen LogP contribution in [-0.4, -0.2) is 11.0 Å². The minimum Gasteiger partial charge on any atom is -0.508 e. The van der Waals surface area contributed by atoms with Crippen molar-refractivity contribution < 1.29 is 9.90 Å². The highest BCUT2D eigenvalue weighted by molar-refractivity contribution is 6.42. The lowest BCUT2D eigenvalue weighted by atomic mass is 10.1. The standard InChI is InChI=1S/C14H11Cl2NO2/c1-8-6-9(2-5-13(8)18)14(19)17-10-3-4-11(15)12(16)7-10/h2-7,18H,1H3,(H,17,19). The summed E-state index contributed by atoms with van der Waals surface area (Å²) in [7, 11) is 0. The van der Waals surface area contributed by atoms with E-state index in [4.69, 9.17) is 23.2 Å². The molecule has 5 heteroatoms. The van der Waals surface area contributed by atoms with Gasteiger partial charge in [-0.05, 0) is 48.9 Å². The van der Waals surface area contributed by atoms with E-state index in [9.17, 15) is 9.90 Å². The van der Waals surface area contributed by atoms with Crippen LogP contribution in [0.4, 0.5) is 5.69 Å². The molecule has 0 aromatic heterocycles. The Kier molecular flexibility index (Phi) is 3.98. The molecule has 0 aliphatic rings. The third-order valence-corrected chi connectivity index (χ3v) is 3.38. The number of benzene rings is 2. The van der Waals surface area contributed by atoms with Gasteiger partial charge in [0.15, 0.2) is 0 Å². The first-order valence-corrected chi connectivity index (χ1v) is 6.29. The van der Waals surface area contributed by atoms with Crippen LogP contribution < -0.4 is 5.32 Å². The average molecular weight is 296 g/mol. The number of aryl methyl sites for hydroxylation is 1. The molecule has 2 aromatic carbocycles. The molecule has 3 nitrogen and oxygen atoms in total. The molecule has 0 saturated carbocycles. The van der Waals surface area contributed by atoms with Gasteiger partial charge in [0.1, 0.15) is 5.75 Å². The molecule has 0 bridgehead atoms.